The molecule has 0 amide bonds. The lowest BCUT2D eigenvalue weighted by atomic mass is 9.77. The molecular formula is C10H13BO2. The molecule has 1 heterocycles. The van der Waals surface area contributed by atoms with Crippen LogP contribution in [-0.4, -0.2) is 19.8 Å². The molecule has 0 aromatic heterocycles. The van der Waals surface area contributed by atoms with Gasteiger partial charge in [0, 0.05) is 12.7 Å². The summed E-state index contributed by atoms with van der Waals surface area (Å²) in [5.41, 5.74) is 1.11. The molecule has 2 rings (SSSR count). The maximum absolute atomic E-state index is 5.65. The fraction of sp³-hybridized carbons (Fsp3) is 0.400. The van der Waals surface area contributed by atoms with Crippen molar-refractivity contribution >= 4 is 12.6 Å². The Morgan fingerprint density at radius 2 is 2.08 bits per heavy atom. The molecule has 0 spiro atoms. The van der Waals surface area contributed by atoms with Gasteiger partial charge in [-0.25, -0.2) is 0 Å². The van der Waals surface area contributed by atoms with Gasteiger partial charge in [-0.05, 0) is 18.8 Å². The van der Waals surface area contributed by atoms with E-state index >= 15 is 0 Å². The Bertz CT molecular complexity index is 263. The highest BCUT2D eigenvalue weighted by Gasteiger charge is 2.27. The Balaban J connectivity index is 2.08. The van der Waals surface area contributed by atoms with Crippen molar-refractivity contribution in [3.8, 4) is 0 Å². The molecule has 1 fully saturated rings. The average molecular weight is 176 g/mol. The third-order valence-corrected chi connectivity index (χ3v) is 2.22. The summed E-state index contributed by atoms with van der Waals surface area (Å²) >= 11 is 0. The second kappa shape index (κ2) is 3.94. The maximum atomic E-state index is 5.65. The van der Waals surface area contributed by atoms with Crippen LogP contribution in [-0.2, 0) is 9.31 Å². The molecule has 0 aliphatic carbocycles. The molecular weight excluding hydrogens is 163 g/mol. The van der Waals surface area contributed by atoms with Gasteiger partial charge in [0.2, 0.25) is 0 Å². The van der Waals surface area contributed by atoms with Crippen LogP contribution < -0.4 is 5.46 Å². The second-order valence-corrected chi connectivity index (χ2v) is 3.35. The Morgan fingerprint density at radius 3 is 2.77 bits per heavy atom. The van der Waals surface area contributed by atoms with Gasteiger partial charge in [0.1, 0.15) is 0 Å². The van der Waals surface area contributed by atoms with E-state index in [0.29, 0.717) is 6.10 Å². The first-order valence-electron chi connectivity index (χ1n) is 4.68. The van der Waals surface area contributed by atoms with E-state index in [4.69, 9.17) is 9.31 Å². The molecule has 0 N–H and O–H groups in total. The van der Waals surface area contributed by atoms with Gasteiger partial charge >= 0.3 is 7.12 Å². The third-order valence-electron chi connectivity index (χ3n) is 2.22. The fourth-order valence-electron chi connectivity index (χ4n) is 1.44. The van der Waals surface area contributed by atoms with E-state index in [-0.39, 0.29) is 7.12 Å². The van der Waals surface area contributed by atoms with Crippen LogP contribution in [0.4, 0.5) is 0 Å². The number of benzene rings is 1. The largest absolute Gasteiger partial charge is 0.494 e. The van der Waals surface area contributed by atoms with Gasteiger partial charge in [-0.3, -0.25) is 0 Å². The Kier molecular flexibility index (Phi) is 2.66. The highest BCUT2D eigenvalue weighted by atomic mass is 16.6. The predicted octanol–water partition coefficient (Wildman–Crippen LogP) is 1.21. The van der Waals surface area contributed by atoms with Crippen molar-refractivity contribution in [3.05, 3.63) is 30.3 Å². The topological polar surface area (TPSA) is 18.5 Å². The minimum atomic E-state index is -0.162. The number of rotatable bonds is 1. The molecule has 13 heavy (non-hydrogen) atoms. The first-order chi connectivity index (χ1) is 6.36. The van der Waals surface area contributed by atoms with Gasteiger partial charge in [0.15, 0.2) is 0 Å². The summed E-state index contributed by atoms with van der Waals surface area (Å²) in [7, 11) is -0.162. The van der Waals surface area contributed by atoms with Crippen LogP contribution in [0, 0.1) is 0 Å². The van der Waals surface area contributed by atoms with E-state index in [1.54, 1.807) is 0 Å². The summed E-state index contributed by atoms with van der Waals surface area (Å²) < 4.78 is 11.2. The fourth-order valence-corrected chi connectivity index (χ4v) is 1.44. The van der Waals surface area contributed by atoms with Crippen LogP contribution in [0.25, 0.3) is 0 Å². The van der Waals surface area contributed by atoms with Gasteiger partial charge in [-0.2, -0.15) is 0 Å². The molecule has 1 atom stereocenters. The summed E-state index contributed by atoms with van der Waals surface area (Å²) in [5.74, 6) is 0. The summed E-state index contributed by atoms with van der Waals surface area (Å²) in [5, 5.41) is 0. The van der Waals surface area contributed by atoms with Crippen molar-refractivity contribution in [2.45, 2.75) is 19.4 Å². The Morgan fingerprint density at radius 1 is 1.31 bits per heavy atom. The van der Waals surface area contributed by atoms with Crippen LogP contribution in [0.1, 0.15) is 13.3 Å². The van der Waals surface area contributed by atoms with E-state index in [2.05, 4.69) is 6.92 Å². The van der Waals surface area contributed by atoms with Crippen LogP contribution in [0.15, 0.2) is 30.3 Å². The van der Waals surface area contributed by atoms with Crippen LogP contribution in [0.3, 0.4) is 0 Å². The van der Waals surface area contributed by atoms with E-state index in [1.807, 2.05) is 30.3 Å². The number of hydrogen-bond donors (Lipinski definition) is 0. The zero-order chi connectivity index (χ0) is 9.10. The van der Waals surface area contributed by atoms with Gasteiger partial charge in [-0.15, -0.1) is 0 Å². The standard InChI is InChI=1S/C10H13BO2/c1-9-7-8-12-11(13-9)10-5-3-2-4-6-10/h2-6,9H,7-8H2,1H3. The molecule has 0 bridgehead atoms. The summed E-state index contributed by atoms with van der Waals surface area (Å²) in [6.07, 6.45) is 1.29. The normalized spacial score (nSPS) is 23.2. The first-order valence-corrected chi connectivity index (χ1v) is 4.68. The van der Waals surface area contributed by atoms with Crippen molar-refractivity contribution in [1.82, 2.24) is 0 Å². The second-order valence-electron chi connectivity index (χ2n) is 3.35. The van der Waals surface area contributed by atoms with Gasteiger partial charge in [0.25, 0.3) is 0 Å². The third kappa shape index (κ3) is 2.11. The van der Waals surface area contributed by atoms with Crippen molar-refractivity contribution in [2.75, 3.05) is 6.61 Å². The summed E-state index contributed by atoms with van der Waals surface area (Å²) in [4.78, 5) is 0. The van der Waals surface area contributed by atoms with Crippen LogP contribution >= 0.6 is 0 Å². The quantitative estimate of drug-likeness (QED) is 0.598. The molecule has 1 aromatic rings. The van der Waals surface area contributed by atoms with E-state index < -0.39 is 0 Å². The van der Waals surface area contributed by atoms with Gasteiger partial charge in [0.05, 0.1) is 0 Å². The average Bonchev–Trinajstić information content (AvgIpc) is 2.19. The van der Waals surface area contributed by atoms with E-state index in [0.717, 1.165) is 18.5 Å². The molecule has 68 valence electrons. The lowest BCUT2D eigenvalue weighted by molar-refractivity contribution is 0.0861. The molecule has 0 radical (unpaired) electrons. The highest BCUT2D eigenvalue weighted by Crippen LogP contribution is 2.08. The van der Waals surface area contributed by atoms with Gasteiger partial charge in [-0.1, -0.05) is 30.3 Å². The van der Waals surface area contributed by atoms with Crippen molar-refractivity contribution in [2.24, 2.45) is 0 Å². The van der Waals surface area contributed by atoms with Crippen LogP contribution in [0.2, 0.25) is 0 Å². The number of hydrogen-bond acceptors (Lipinski definition) is 2. The van der Waals surface area contributed by atoms with Crippen molar-refractivity contribution in [1.29, 1.82) is 0 Å². The smallest absolute Gasteiger partial charge is 0.407 e. The monoisotopic (exact) mass is 176 g/mol. The minimum Gasteiger partial charge on any atom is -0.407 e. The SMILES string of the molecule is CC1CCOB(c2ccccc2)O1. The minimum absolute atomic E-state index is 0.162. The molecule has 0 saturated carbocycles. The molecule has 1 saturated heterocycles. The first kappa shape index (κ1) is 8.79. The lowest BCUT2D eigenvalue weighted by Crippen LogP contribution is -2.43. The zero-order valence-corrected chi connectivity index (χ0v) is 7.77. The molecule has 1 aliphatic rings. The highest BCUT2D eigenvalue weighted by molar-refractivity contribution is 6.61. The van der Waals surface area contributed by atoms with Crippen LogP contribution in [0.5, 0.6) is 0 Å². The summed E-state index contributed by atoms with van der Waals surface area (Å²) in [6, 6.07) is 10.1. The maximum Gasteiger partial charge on any atom is 0.494 e. The molecule has 1 unspecified atom stereocenters. The molecule has 2 nitrogen and oxygen atoms in total. The molecule has 3 heteroatoms. The predicted molar refractivity (Wildman–Crippen MR) is 52.9 cm³/mol. The Hall–Kier alpha value is -0.795. The Labute approximate surface area is 79.0 Å². The van der Waals surface area contributed by atoms with Crippen molar-refractivity contribution < 1.29 is 9.31 Å². The molecule has 1 aromatic carbocycles. The van der Waals surface area contributed by atoms with E-state index in [1.165, 1.54) is 0 Å². The van der Waals surface area contributed by atoms with Crippen molar-refractivity contribution in [3.63, 3.8) is 0 Å². The van der Waals surface area contributed by atoms with Gasteiger partial charge < -0.3 is 9.31 Å². The molecule has 1 aliphatic heterocycles. The van der Waals surface area contributed by atoms with E-state index in [9.17, 15) is 0 Å². The zero-order valence-electron chi connectivity index (χ0n) is 7.77. The summed E-state index contributed by atoms with van der Waals surface area (Å²) in [6.45, 7) is 2.87. The lowest BCUT2D eigenvalue weighted by Gasteiger charge is -2.25.